The minimum Gasteiger partial charge on any atom is -0.326 e. The molecule has 2 rings (SSSR count). The normalized spacial score (nSPS) is 20.7. The molecule has 1 heterocycles. The Labute approximate surface area is 115 Å². The lowest BCUT2D eigenvalue weighted by Gasteiger charge is -2.16. The van der Waals surface area contributed by atoms with Gasteiger partial charge >= 0.3 is 0 Å². The number of aryl methyl sites for hydroxylation is 1. The highest BCUT2D eigenvalue weighted by molar-refractivity contribution is 7.89. The average molecular weight is 291 g/mol. The maximum absolute atomic E-state index is 12.2. The van der Waals surface area contributed by atoms with Gasteiger partial charge in [-0.3, -0.25) is 0 Å². The van der Waals surface area contributed by atoms with E-state index in [1.54, 1.807) is 12.1 Å². The number of benzene rings is 1. The number of nitrogens with two attached hydrogens (primary N) is 1. The fourth-order valence-electron chi connectivity index (χ4n) is 2.02. The fraction of sp³-hybridized carbons (Fsp3) is 0.500. The van der Waals surface area contributed by atoms with Crippen LogP contribution < -0.4 is 5.73 Å². The summed E-state index contributed by atoms with van der Waals surface area (Å²) in [6.07, 6.45) is 1.65. The van der Waals surface area contributed by atoms with Crippen LogP contribution in [0.25, 0.3) is 0 Å². The van der Waals surface area contributed by atoms with Gasteiger partial charge in [0.1, 0.15) is 0 Å². The molecule has 0 unspecified atom stereocenters. The zero-order valence-corrected chi connectivity index (χ0v) is 12.0. The first-order chi connectivity index (χ1) is 8.04. The summed E-state index contributed by atoms with van der Waals surface area (Å²) in [5, 5.41) is 0. The molecule has 1 aromatic rings. The van der Waals surface area contributed by atoms with Crippen LogP contribution >= 0.6 is 12.4 Å². The summed E-state index contributed by atoms with van der Waals surface area (Å²) in [4.78, 5) is 0.365. The highest BCUT2D eigenvalue weighted by Gasteiger charge is 2.30. The first-order valence-electron chi connectivity index (χ1n) is 5.88. The molecule has 0 amide bonds. The quantitative estimate of drug-likeness (QED) is 0.915. The molecule has 0 saturated carbocycles. The number of nitrogens with zero attached hydrogens (tertiary/aromatic N) is 1. The van der Waals surface area contributed by atoms with Crippen molar-refractivity contribution in [1.29, 1.82) is 0 Å². The van der Waals surface area contributed by atoms with Crippen molar-refractivity contribution in [1.82, 2.24) is 4.31 Å². The Morgan fingerprint density at radius 3 is 2.39 bits per heavy atom. The van der Waals surface area contributed by atoms with Gasteiger partial charge < -0.3 is 5.73 Å². The van der Waals surface area contributed by atoms with Gasteiger partial charge in [-0.15, -0.1) is 12.4 Å². The van der Waals surface area contributed by atoms with Crippen molar-refractivity contribution in [3.05, 3.63) is 29.8 Å². The van der Waals surface area contributed by atoms with E-state index in [0.29, 0.717) is 18.0 Å². The number of rotatable bonds is 3. The molecule has 0 spiro atoms. The Hall–Kier alpha value is -0.620. The van der Waals surface area contributed by atoms with E-state index in [1.807, 2.05) is 19.1 Å². The van der Waals surface area contributed by atoms with Crippen LogP contribution in [0.3, 0.4) is 0 Å². The van der Waals surface area contributed by atoms with Gasteiger partial charge in [0.05, 0.1) is 4.90 Å². The summed E-state index contributed by atoms with van der Waals surface area (Å²) in [7, 11) is -3.34. The van der Waals surface area contributed by atoms with Crippen LogP contribution in [0.15, 0.2) is 29.2 Å². The van der Waals surface area contributed by atoms with E-state index in [2.05, 4.69) is 0 Å². The van der Waals surface area contributed by atoms with Crippen molar-refractivity contribution >= 4 is 22.4 Å². The van der Waals surface area contributed by atoms with Crippen LogP contribution in [0.2, 0.25) is 0 Å². The van der Waals surface area contributed by atoms with Gasteiger partial charge in [-0.1, -0.05) is 19.1 Å². The lowest BCUT2D eigenvalue weighted by Crippen LogP contribution is -2.31. The molecule has 1 atom stereocenters. The van der Waals surface area contributed by atoms with E-state index in [1.165, 1.54) is 4.31 Å². The summed E-state index contributed by atoms with van der Waals surface area (Å²) >= 11 is 0. The van der Waals surface area contributed by atoms with Gasteiger partial charge in [0.2, 0.25) is 10.0 Å². The number of sulfonamides is 1. The molecule has 18 heavy (non-hydrogen) atoms. The van der Waals surface area contributed by atoms with Gasteiger partial charge in [0.15, 0.2) is 0 Å². The maximum atomic E-state index is 12.2. The van der Waals surface area contributed by atoms with Crippen molar-refractivity contribution in [2.24, 2.45) is 5.73 Å². The Bertz CT molecular complexity index is 487. The van der Waals surface area contributed by atoms with Gasteiger partial charge in [-0.05, 0) is 30.5 Å². The second-order valence-electron chi connectivity index (χ2n) is 4.41. The lowest BCUT2D eigenvalue weighted by atomic mass is 10.2. The zero-order chi connectivity index (χ0) is 12.5. The molecule has 0 aliphatic carbocycles. The van der Waals surface area contributed by atoms with Gasteiger partial charge in [0.25, 0.3) is 0 Å². The Morgan fingerprint density at radius 2 is 1.94 bits per heavy atom. The van der Waals surface area contributed by atoms with E-state index >= 15 is 0 Å². The molecule has 1 saturated heterocycles. The molecule has 0 radical (unpaired) electrons. The molecule has 1 aliphatic rings. The molecular weight excluding hydrogens is 272 g/mol. The van der Waals surface area contributed by atoms with Crippen LogP contribution in [0, 0.1) is 0 Å². The number of hydrogen-bond donors (Lipinski definition) is 1. The molecule has 1 aromatic carbocycles. The second-order valence-corrected chi connectivity index (χ2v) is 6.35. The molecule has 102 valence electrons. The predicted octanol–water partition coefficient (Wildman–Crippen LogP) is 1.39. The second kappa shape index (κ2) is 6.02. The van der Waals surface area contributed by atoms with Crippen molar-refractivity contribution < 1.29 is 8.42 Å². The molecule has 0 aromatic heterocycles. The topological polar surface area (TPSA) is 63.4 Å². The summed E-state index contributed by atoms with van der Waals surface area (Å²) < 4.78 is 26.0. The summed E-state index contributed by atoms with van der Waals surface area (Å²) in [5.41, 5.74) is 6.88. The van der Waals surface area contributed by atoms with Crippen LogP contribution in [0.1, 0.15) is 18.9 Å². The Morgan fingerprint density at radius 1 is 1.33 bits per heavy atom. The molecular formula is C12H19ClN2O2S. The van der Waals surface area contributed by atoms with Crippen molar-refractivity contribution in [3.8, 4) is 0 Å². The smallest absolute Gasteiger partial charge is 0.243 e. The van der Waals surface area contributed by atoms with E-state index in [9.17, 15) is 8.42 Å². The van der Waals surface area contributed by atoms with E-state index in [-0.39, 0.29) is 18.4 Å². The van der Waals surface area contributed by atoms with E-state index in [0.717, 1.165) is 18.4 Å². The molecule has 1 aliphatic heterocycles. The van der Waals surface area contributed by atoms with E-state index in [4.69, 9.17) is 5.73 Å². The standard InChI is InChI=1S/C12H18N2O2S.ClH/c1-2-10-3-5-12(6-4-10)17(15,16)14-8-7-11(13)9-14;/h3-6,11H,2,7-9,13H2,1H3;1H/t11-;/m0./s1. The number of halogens is 1. The monoisotopic (exact) mass is 290 g/mol. The zero-order valence-electron chi connectivity index (χ0n) is 10.4. The summed E-state index contributed by atoms with van der Waals surface area (Å²) in [5.74, 6) is 0. The first-order valence-corrected chi connectivity index (χ1v) is 7.32. The summed E-state index contributed by atoms with van der Waals surface area (Å²) in [6.45, 7) is 3.00. The molecule has 2 N–H and O–H groups in total. The van der Waals surface area contributed by atoms with Crippen LogP contribution in [0.4, 0.5) is 0 Å². The minimum atomic E-state index is -3.34. The Balaban J connectivity index is 0.00000162. The third-order valence-corrected chi connectivity index (χ3v) is 5.04. The van der Waals surface area contributed by atoms with Crippen molar-refractivity contribution in [2.75, 3.05) is 13.1 Å². The van der Waals surface area contributed by atoms with E-state index < -0.39 is 10.0 Å². The van der Waals surface area contributed by atoms with Crippen molar-refractivity contribution in [2.45, 2.75) is 30.7 Å². The molecule has 4 nitrogen and oxygen atoms in total. The predicted molar refractivity (Wildman–Crippen MR) is 74.4 cm³/mol. The van der Waals surface area contributed by atoms with Gasteiger partial charge in [-0.25, -0.2) is 8.42 Å². The fourth-order valence-corrected chi connectivity index (χ4v) is 3.53. The van der Waals surface area contributed by atoms with Crippen LogP contribution in [-0.2, 0) is 16.4 Å². The maximum Gasteiger partial charge on any atom is 0.243 e. The highest BCUT2D eigenvalue weighted by atomic mass is 35.5. The third-order valence-electron chi connectivity index (χ3n) is 3.16. The van der Waals surface area contributed by atoms with Crippen LogP contribution in [-0.4, -0.2) is 31.9 Å². The molecule has 0 bridgehead atoms. The first kappa shape index (κ1) is 15.4. The van der Waals surface area contributed by atoms with Crippen molar-refractivity contribution in [3.63, 3.8) is 0 Å². The highest BCUT2D eigenvalue weighted by Crippen LogP contribution is 2.20. The lowest BCUT2D eigenvalue weighted by molar-refractivity contribution is 0.472. The minimum absolute atomic E-state index is 0. The van der Waals surface area contributed by atoms with Gasteiger partial charge in [-0.2, -0.15) is 4.31 Å². The SMILES string of the molecule is CCc1ccc(S(=O)(=O)N2CC[C@H](N)C2)cc1.Cl. The van der Waals surface area contributed by atoms with Gasteiger partial charge in [0, 0.05) is 19.1 Å². The third kappa shape index (κ3) is 3.03. The Kier molecular flexibility index (Phi) is 5.16. The summed E-state index contributed by atoms with van der Waals surface area (Å²) in [6, 6.07) is 7.06. The van der Waals surface area contributed by atoms with Crippen LogP contribution in [0.5, 0.6) is 0 Å². The largest absolute Gasteiger partial charge is 0.326 e. The number of hydrogen-bond acceptors (Lipinski definition) is 3. The molecule has 6 heteroatoms. The molecule has 1 fully saturated rings. The average Bonchev–Trinajstić information content (AvgIpc) is 2.77.